The molecule has 88 valence electrons. The zero-order valence-corrected chi connectivity index (χ0v) is 11.6. The predicted molar refractivity (Wildman–Crippen MR) is 71.4 cm³/mol. The maximum Gasteiger partial charge on any atom is 0.119 e. The van der Waals surface area contributed by atoms with E-state index in [0.717, 1.165) is 18.2 Å². The predicted octanol–water partition coefficient (Wildman–Crippen LogP) is 3.98. The minimum absolute atomic E-state index is 0.349. The fourth-order valence-electron chi connectivity index (χ4n) is 2.85. The number of halogens is 1. The number of fused-ring (bicyclic) bond motifs is 1. The van der Waals surface area contributed by atoms with Gasteiger partial charge in [-0.3, -0.25) is 0 Å². The Balaban J connectivity index is 2.23. The van der Waals surface area contributed by atoms with Gasteiger partial charge in [-0.05, 0) is 60.8 Å². The molecular weight excluding hydrogens is 264 g/mol. The highest BCUT2D eigenvalue weighted by Crippen LogP contribution is 2.43. The van der Waals surface area contributed by atoms with Crippen LogP contribution in [-0.4, -0.2) is 10.4 Å². The molecule has 0 fully saturated rings. The van der Waals surface area contributed by atoms with Crippen molar-refractivity contribution in [1.29, 1.82) is 0 Å². The quantitative estimate of drug-likeness (QED) is 0.832. The van der Waals surface area contributed by atoms with E-state index in [2.05, 4.69) is 28.9 Å². The lowest BCUT2D eigenvalue weighted by Crippen LogP contribution is -2.16. The van der Waals surface area contributed by atoms with Gasteiger partial charge in [0.25, 0.3) is 0 Å². The fourth-order valence-corrected chi connectivity index (χ4v) is 3.13. The van der Waals surface area contributed by atoms with Crippen LogP contribution in [0.5, 0.6) is 5.75 Å². The van der Waals surface area contributed by atoms with Crippen molar-refractivity contribution >= 4 is 15.9 Å². The van der Waals surface area contributed by atoms with Crippen LogP contribution < -0.4 is 0 Å². The average Bonchev–Trinajstić information content (AvgIpc) is 2.53. The Morgan fingerprint density at radius 2 is 2.12 bits per heavy atom. The molecule has 1 aromatic rings. The van der Waals surface area contributed by atoms with E-state index in [4.69, 9.17) is 0 Å². The van der Waals surface area contributed by atoms with Gasteiger partial charge in [-0.15, -0.1) is 0 Å². The van der Waals surface area contributed by atoms with Crippen LogP contribution in [-0.2, 0) is 12.8 Å². The molecule has 1 nitrogen and oxygen atoms in total. The normalized spacial score (nSPS) is 23.4. The molecule has 0 spiro atoms. The monoisotopic (exact) mass is 282 g/mol. The summed E-state index contributed by atoms with van der Waals surface area (Å²) in [6.07, 6.45) is 4.58. The van der Waals surface area contributed by atoms with Crippen molar-refractivity contribution in [2.45, 2.75) is 39.5 Å². The van der Waals surface area contributed by atoms with E-state index >= 15 is 0 Å². The summed E-state index contributed by atoms with van der Waals surface area (Å²) in [7, 11) is 0. The highest BCUT2D eigenvalue weighted by Gasteiger charge is 2.33. The summed E-state index contributed by atoms with van der Waals surface area (Å²) in [6.45, 7) is 4.39. The summed E-state index contributed by atoms with van der Waals surface area (Å²) in [5.41, 5.74) is 4.06. The molecule has 0 radical (unpaired) electrons. The van der Waals surface area contributed by atoms with Gasteiger partial charge < -0.3 is 5.11 Å². The minimum Gasteiger partial charge on any atom is -0.508 e. The van der Waals surface area contributed by atoms with Gasteiger partial charge in [0.2, 0.25) is 0 Å². The molecule has 0 heterocycles. The smallest absolute Gasteiger partial charge is 0.119 e. The lowest BCUT2D eigenvalue weighted by atomic mass is 9.83. The molecule has 16 heavy (non-hydrogen) atoms. The van der Waals surface area contributed by atoms with Gasteiger partial charge in [0, 0.05) is 5.33 Å². The fraction of sp³-hybridized carbons (Fsp3) is 0.571. The second-order valence-electron chi connectivity index (χ2n) is 5.38. The number of aryl methyl sites for hydroxylation is 1. The van der Waals surface area contributed by atoms with Crippen molar-refractivity contribution in [1.82, 2.24) is 0 Å². The van der Waals surface area contributed by atoms with E-state index in [1.54, 1.807) is 0 Å². The molecule has 0 bridgehead atoms. The molecule has 0 saturated heterocycles. The number of phenols is 1. The Labute approximate surface area is 106 Å². The van der Waals surface area contributed by atoms with E-state index in [0.29, 0.717) is 11.2 Å². The highest BCUT2D eigenvalue weighted by atomic mass is 79.9. The molecule has 1 unspecified atom stereocenters. The third-order valence-corrected chi connectivity index (χ3v) is 4.16. The first kappa shape index (κ1) is 12.0. The van der Waals surface area contributed by atoms with Crippen molar-refractivity contribution in [3.63, 3.8) is 0 Å². The summed E-state index contributed by atoms with van der Waals surface area (Å²) in [4.78, 5) is 0. The topological polar surface area (TPSA) is 20.2 Å². The Hall–Kier alpha value is -0.500. The van der Waals surface area contributed by atoms with Crippen molar-refractivity contribution < 1.29 is 5.11 Å². The maximum atomic E-state index is 9.96. The molecule has 1 N–H and O–H groups in total. The largest absolute Gasteiger partial charge is 0.508 e. The summed E-state index contributed by atoms with van der Waals surface area (Å²) in [5.74, 6) is 0.498. The van der Waals surface area contributed by atoms with Crippen LogP contribution >= 0.6 is 15.9 Å². The standard InChI is InChI=1S/C14H19BrO/c1-10-6-11-8-14(2,4-3-5-15)9-12(11)13(16)7-10/h6-7,16H,3-5,8-9H2,1-2H3. The van der Waals surface area contributed by atoms with Gasteiger partial charge in [-0.2, -0.15) is 0 Å². The molecule has 1 aromatic carbocycles. The van der Waals surface area contributed by atoms with Crippen molar-refractivity contribution in [3.05, 3.63) is 28.8 Å². The van der Waals surface area contributed by atoms with Crippen LogP contribution in [0.1, 0.15) is 36.5 Å². The van der Waals surface area contributed by atoms with Crippen LogP contribution in [0.15, 0.2) is 12.1 Å². The lowest BCUT2D eigenvalue weighted by Gasteiger charge is -2.22. The van der Waals surface area contributed by atoms with Crippen LogP contribution in [0.2, 0.25) is 0 Å². The minimum atomic E-state index is 0.349. The molecular formula is C14H19BrO. The van der Waals surface area contributed by atoms with E-state index in [-0.39, 0.29) is 0 Å². The summed E-state index contributed by atoms with van der Waals surface area (Å²) < 4.78 is 0. The molecule has 2 rings (SSSR count). The van der Waals surface area contributed by atoms with Crippen LogP contribution in [0, 0.1) is 12.3 Å². The lowest BCUT2D eigenvalue weighted by molar-refractivity contribution is 0.312. The Kier molecular flexibility index (Phi) is 3.29. The first-order valence-electron chi connectivity index (χ1n) is 5.91. The SMILES string of the molecule is Cc1cc(O)c2c(c1)CC(C)(CCCBr)C2. The van der Waals surface area contributed by atoms with Crippen molar-refractivity contribution in [2.24, 2.45) is 5.41 Å². The molecule has 0 saturated carbocycles. The van der Waals surface area contributed by atoms with Crippen molar-refractivity contribution in [3.8, 4) is 5.75 Å². The van der Waals surface area contributed by atoms with E-state index in [9.17, 15) is 5.11 Å². The first-order chi connectivity index (χ1) is 7.54. The number of phenolic OH excluding ortho intramolecular Hbond substituents is 1. The molecule has 1 aliphatic carbocycles. The zero-order valence-electron chi connectivity index (χ0n) is 10.0. The maximum absolute atomic E-state index is 9.96. The zero-order chi connectivity index (χ0) is 11.8. The van der Waals surface area contributed by atoms with Gasteiger partial charge in [0.15, 0.2) is 0 Å². The molecule has 2 heteroatoms. The van der Waals surface area contributed by atoms with Crippen LogP contribution in [0.3, 0.4) is 0 Å². The van der Waals surface area contributed by atoms with Gasteiger partial charge in [0.05, 0.1) is 0 Å². The second-order valence-corrected chi connectivity index (χ2v) is 6.17. The van der Waals surface area contributed by atoms with Gasteiger partial charge in [0.1, 0.15) is 5.75 Å². The van der Waals surface area contributed by atoms with Crippen LogP contribution in [0.4, 0.5) is 0 Å². The summed E-state index contributed by atoms with van der Waals surface area (Å²) in [5, 5.41) is 11.0. The third kappa shape index (κ3) is 2.27. The number of hydrogen-bond acceptors (Lipinski definition) is 1. The number of rotatable bonds is 3. The number of benzene rings is 1. The Bertz CT molecular complexity index is 400. The molecule has 1 aliphatic rings. The number of alkyl halides is 1. The van der Waals surface area contributed by atoms with E-state index < -0.39 is 0 Å². The number of hydrogen-bond donors (Lipinski definition) is 1. The van der Waals surface area contributed by atoms with Gasteiger partial charge in [-0.25, -0.2) is 0 Å². The first-order valence-corrected chi connectivity index (χ1v) is 7.03. The molecule has 1 atom stereocenters. The van der Waals surface area contributed by atoms with Crippen LogP contribution in [0.25, 0.3) is 0 Å². The van der Waals surface area contributed by atoms with Gasteiger partial charge >= 0.3 is 0 Å². The van der Waals surface area contributed by atoms with Gasteiger partial charge in [-0.1, -0.05) is 28.9 Å². The van der Waals surface area contributed by atoms with E-state index in [1.807, 2.05) is 13.0 Å². The molecule has 0 aromatic heterocycles. The number of aromatic hydroxyl groups is 1. The summed E-state index contributed by atoms with van der Waals surface area (Å²) >= 11 is 3.49. The third-order valence-electron chi connectivity index (χ3n) is 3.60. The highest BCUT2D eigenvalue weighted by molar-refractivity contribution is 9.09. The molecule has 0 amide bonds. The Morgan fingerprint density at radius 3 is 2.81 bits per heavy atom. The Morgan fingerprint density at radius 1 is 1.38 bits per heavy atom. The average molecular weight is 283 g/mol. The van der Waals surface area contributed by atoms with Crippen molar-refractivity contribution in [2.75, 3.05) is 5.33 Å². The summed E-state index contributed by atoms with van der Waals surface area (Å²) in [6, 6.07) is 4.11. The second kappa shape index (κ2) is 4.40. The molecule has 0 aliphatic heterocycles. The van der Waals surface area contributed by atoms with E-state index in [1.165, 1.54) is 29.5 Å².